The second-order valence-corrected chi connectivity index (χ2v) is 6.99. The number of hydrogen-bond acceptors (Lipinski definition) is 3. The molecule has 0 aromatic carbocycles. The van der Waals surface area contributed by atoms with Gasteiger partial charge in [0.05, 0.1) is 6.26 Å². The van der Waals surface area contributed by atoms with E-state index in [1.165, 1.54) is 25.7 Å². The SMILES string of the molecule is CCCCN=C(NCCc1ccco1)NC1CCC(SC)C1. The predicted molar refractivity (Wildman–Crippen MR) is 95.7 cm³/mol. The molecule has 2 unspecified atom stereocenters. The highest BCUT2D eigenvalue weighted by atomic mass is 32.2. The smallest absolute Gasteiger partial charge is 0.191 e. The van der Waals surface area contributed by atoms with Crippen LogP contribution in [0.25, 0.3) is 0 Å². The van der Waals surface area contributed by atoms with Crippen LogP contribution in [0.5, 0.6) is 0 Å². The fraction of sp³-hybridized carbons (Fsp3) is 0.706. The zero-order valence-corrected chi connectivity index (χ0v) is 14.6. The summed E-state index contributed by atoms with van der Waals surface area (Å²) in [5.74, 6) is 1.98. The predicted octanol–water partition coefficient (Wildman–Crippen LogP) is 3.44. The van der Waals surface area contributed by atoms with E-state index in [0.29, 0.717) is 6.04 Å². The zero-order valence-electron chi connectivity index (χ0n) is 13.8. The van der Waals surface area contributed by atoms with E-state index in [-0.39, 0.29) is 0 Å². The first-order valence-corrected chi connectivity index (χ1v) is 9.70. The van der Waals surface area contributed by atoms with Crippen LogP contribution in [0.4, 0.5) is 0 Å². The Bertz CT molecular complexity index is 433. The van der Waals surface area contributed by atoms with Crippen molar-refractivity contribution < 1.29 is 4.42 Å². The van der Waals surface area contributed by atoms with E-state index in [9.17, 15) is 0 Å². The molecule has 1 aromatic rings. The van der Waals surface area contributed by atoms with Crippen LogP contribution in [0, 0.1) is 0 Å². The molecule has 0 bridgehead atoms. The zero-order chi connectivity index (χ0) is 15.6. The molecule has 2 rings (SSSR count). The van der Waals surface area contributed by atoms with Gasteiger partial charge in [-0.25, -0.2) is 0 Å². The normalized spacial score (nSPS) is 22.0. The van der Waals surface area contributed by atoms with Gasteiger partial charge in [0.1, 0.15) is 5.76 Å². The fourth-order valence-electron chi connectivity index (χ4n) is 2.74. The Morgan fingerprint density at radius 2 is 2.36 bits per heavy atom. The maximum atomic E-state index is 5.37. The van der Waals surface area contributed by atoms with Gasteiger partial charge in [0.25, 0.3) is 0 Å². The van der Waals surface area contributed by atoms with Crippen molar-refractivity contribution in [2.45, 2.75) is 56.7 Å². The first kappa shape index (κ1) is 17.3. The Morgan fingerprint density at radius 3 is 3.05 bits per heavy atom. The summed E-state index contributed by atoms with van der Waals surface area (Å²) >= 11 is 1.99. The van der Waals surface area contributed by atoms with Gasteiger partial charge in [-0.1, -0.05) is 13.3 Å². The minimum atomic E-state index is 0.564. The van der Waals surface area contributed by atoms with Crippen LogP contribution in [0.15, 0.2) is 27.8 Å². The van der Waals surface area contributed by atoms with E-state index in [0.717, 1.165) is 42.9 Å². The lowest BCUT2D eigenvalue weighted by Gasteiger charge is -2.17. The van der Waals surface area contributed by atoms with Crippen molar-refractivity contribution in [3.05, 3.63) is 24.2 Å². The van der Waals surface area contributed by atoms with Gasteiger partial charge in [0.15, 0.2) is 5.96 Å². The summed E-state index contributed by atoms with van der Waals surface area (Å²) in [6.07, 6.45) is 11.0. The van der Waals surface area contributed by atoms with Gasteiger partial charge in [0, 0.05) is 30.8 Å². The van der Waals surface area contributed by atoms with Crippen molar-refractivity contribution in [3.63, 3.8) is 0 Å². The number of thioether (sulfide) groups is 1. The Balaban J connectivity index is 1.78. The highest BCUT2D eigenvalue weighted by molar-refractivity contribution is 7.99. The van der Waals surface area contributed by atoms with Crippen LogP contribution in [0.3, 0.4) is 0 Å². The van der Waals surface area contributed by atoms with E-state index < -0.39 is 0 Å². The van der Waals surface area contributed by atoms with Gasteiger partial charge in [-0.15, -0.1) is 0 Å². The Labute approximate surface area is 138 Å². The van der Waals surface area contributed by atoms with Crippen molar-refractivity contribution in [2.75, 3.05) is 19.3 Å². The number of nitrogens with one attached hydrogen (secondary N) is 2. The number of hydrogen-bond donors (Lipinski definition) is 2. The average Bonchev–Trinajstić information content (AvgIpc) is 3.18. The van der Waals surface area contributed by atoms with Crippen molar-refractivity contribution in [1.82, 2.24) is 10.6 Å². The van der Waals surface area contributed by atoms with Gasteiger partial charge in [-0.2, -0.15) is 11.8 Å². The third kappa shape index (κ3) is 5.95. The molecule has 1 fully saturated rings. The summed E-state index contributed by atoms with van der Waals surface area (Å²) in [6, 6.07) is 4.52. The van der Waals surface area contributed by atoms with Gasteiger partial charge < -0.3 is 15.1 Å². The maximum Gasteiger partial charge on any atom is 0.191 e. The molecule has 2 N–H and O–H groups in total. The van der Waals surface area contributed by atoms with Gasteiger partial charge in [-0.05, 0) is 44.1 Å². The molecule has 1 saturated carbocycles. The second-order valence-electron chi connectivity index (χ2n) is 5.85. The average molecular weight is 324 g/mol. The molecule has 1 heterocycles. The molecule has 4 nitrogen and oxygen atoms in total. The number of unbranched alkanes of at least 4 members (excludes halogenated alkanes) is 1. The number of furan rings is 1. The lowest BCUT2D eigenvalue weighted by molar-refractivity contribution is 0.506. The number of nitrogens with zero attached hydrogens (tertiary/aromatic N) is 1. The largest absolute Gasteiger partial charge is 0.469 e. The Kier molecular flexibility index (Phi) is 7.71. The molecule has 5 heteroatoms. The van der Waals surface area contributed by atoms with Crippen molar-refractivity contribution >= 4 is 17.7 Å². The molecule has 0 amide bonds. The van der Waals surface area contributed by atoms with E-state index in [1.54, 1.807) is 6.26 Å². The summed E-state index contributed by atoms with van der Waals surface area (Å²) in [6.45, 7) is 3.95. The summed E-state index contributed by atoms with van der Waals surface area (Å²) in [4.78, 5) is 4.70. The highest BCUT2D eigenvalue weighted by Crippen LogP contribution is 2.27. The Morgan fingerprint density at radius 1 is 1.45 bits per heavy atom. The third-order valence-corrected chi connectivity index (χ3v) is 5.18. The minimum absolute atomic E-state index is 0.564. The summed E-state index contributed by atoms with van der Waals surface area (Å²) < 4.78 is 5.37. The van der Waals surface area contributed by atoms with Gasteiger partial charge in [0.2, 0.25) is 0 Å². The molecular formula is C17H29N3OS. The van der Waals surface area contributed by atoms with Crippen LogP contribution < -0.4 is 10.6 Å². The quantitative estimate of drug-likeness (QED) is 0.437. The van der Waals surface area contributed by atoms with E-state index in [2.05, 4.69) is 23.8 Å². The van der Waals surface area contributed by atoms with Crippen LogP contribution in [0.1, 0.15) is 44.8 Å². The number of guanidine groups is 1. The lowest BCUT2D eigenvalue weighted by Crippen LogP contribution is -2.43. The maximum absolute atomic E-state index is 5.37. The fourth-order valence-corrected chi connectivity index (χ4v) is 3.54. The number of rotatable bonds is 8. The van der Waals surface area contributed by atoms with Crippen molar-refractivity contribution in [3.8, 4) is 0 Å². The molecule has 0 radical (unpaired) electrons. The first-order valence-electron chi connectivity index (χ1n) is 8.41. The molecule has 0 saturated heterocycles. The standard InChI is InChI=1S/C17H29N3OS/c1-3-4-10-18-17(19-11-9-15-6-5-12-21-15)20-14-7-8-16(13-14)22-2/h5-6,12,14,16H,3-4,7-11,13H2,1-2H3,(H2,18,19,20). The molecule has 2 atom stereocenters. The van der Waals surface area contributed by atoms with Gasteiger partial charge >= 0.3 is 0 Å². The van der Waals surface area contributed by atoms with Crippen LogP contribution >= 0.6 is 11.8 Å². The van der Waals surface area contributed by atoms with Crippen molar-refractivity contribution in [2.24, 2.45) is 4.99 Å². The van der Waals surface area contributed by atoms with E-state index >= 15 is 0 Å². The highest BCUT2D eigenvalue weighted by Gasteiger charge is 2.24. The molecular weight excluding hydrogens is 294 g/mol. The molecule has 22 heavy (non-hydrogen) atoms. The van der Waals surface area contributed by atoms with Crippen LogP contribution in [0.2, 0.25) is 0 Å². The topological polar surface area (TPSA) is 49.6 Å². The summed E-state index contributed by atoms with van der Waals surface area (Å²) in [7, 11) is 0. The monoisotopic (exact) mass is 323 g/mol. The van der Waals surface area contributed by atoms with Crippen LogP contribution in [-0.2, 0) is 6.42 Å². The minimum Gasteiger partial charge on any atom is -0.469 e. The molecule has 124 valence electrons. The molecule has 0 spiro atoms. The molecule has 1 aliphatic carbocycles. The molecule has 1 aliphatic rings. The Hall–Kier alpha value is -1.10. The molecule has 0 aliphatic heterocycles. The summed E-state index contributed by atoms with van der Waals surface area (Å²) in [5, 5.41) is 7.87. The third-order valence-electron chi connectivity index (χ3n) is 4.08. The summed E-state index contributed by atoms with van der Waals surface area (Å²) in [5.41, 5.74) is 0. The lowest BCUT2D eigenvalue weighted by atomic mass is 10.2. The van der Waals surface area contributed by atoms with Gasteiger partial charge in [-0.3, -0.25) is 4.99 Å². The van der Waals surface area contributed by atoms with E-state index in [4.69, 9.17) is 9.41 Å². The van der Waals surface area contributed by atoms with E-state index in [1.807, 2.05) is 23.9 Å². The first-order chi connectivity index (χ1) is 10.8. The van der Waals surface area contributed by atoms with Crippen LogP contribution in [-0.4, -0.2) is 36.6 Å². The van der Waals surface area contributed by atoms with Crippen molar-refractivity contribution in [1.29, 1.82) is 0 Å². The number of aliphatic imine (C=N–C) groups is 1. The second kappa shape index (κ2) is 9.82. The molecule has 1 aromatic heterocycles.